The molecule has 0 aliphatic carbocycles. The van der Waals surface area contributed by atoms with Crippen molar-refractivity contribution >= 4 is 32.9 Å². The molecule has 2 aromatic heterocycles. The van der Waals surface area contributed by atoms with Gasteiger partial charge in [-0.3, -0.25) is 4.72 Å². The minimum atomic E-state index is -3.53. The molecule has 1 aromatic carbocycles. The molecule has 0 aliphatic rings. The largest absolute Gasteiger partial charge is 0.370 e. The summed E-state index contributed by atoms with van der Waals surface area (Å²) in [7, 11) is -3.53. The lowest BCUT2D eigenvalue weighted by molar-refractivity contribution is 0.603. The van der Waals surface area contributed by atoms with Crippen LogP contribution in [-0.2, 0) is 16.4 Å². The molecule has 24 heavy (non-hydrogen) atoms. The van der Waals surface area contributed by atoms with E-state index in [-0.39, 0.29) is 4.21 Å². The molecule has 124 valence electrons. The zero-order valence-corrected chi connectivity index (χ0v) is 14.5. The summed E-state index contributed by atoms with van der Waals surface area (Å²) in [6, 6.07) is 16.9. The second-order valence-corrected chi connectivity index (χ2v) is 7.99. The topological polar surface area (TPSA) is 71.1 Å². The number of nitrogens with one attached hydrogen (secondary N) is 2. The van der Waals surface area contributed by atoms with Crippen molar-refractivity contribution in [1.82, 2.24) is 4.98 Å². The monoisotopic (exact) mass is 359 g/mol. The number of anilines is 2. The molecular formula is C17H17N3O2S2. The van der Waals surface area contributed by atoms with Crippen LogP contribution < -0.4 is 10.0 Å². The van der Waals surface area contributed by atoms with Crippen molar-refractivity contribution in [2.24, 2.45) is 0 Å². The molecule has 0 aliphatic heterocycles. The number of rotatable bonds is 7. The molecule has 0 radical (unpaired) electrons. The van der Waals surface area contributed by atoms with Gasteiger partial charge in [0.15, 0.2) is 0 Å². The van der Waals surface area contributed by atoms with Crippen molar-refractivity contribution in [3.8, 4) is 0 Å². The fraction of sp³-hybridized carbons (Fsp3) is 0.118. The Balaban J connectivity index is 1.56. The lowest BCUT2D eigenvalue weighted by Gasteiger charge is -2.08. The molecular weight excluding hydrogens is 342 g/mol. The van der Waals surface area contributed by atoms with Gasteiger partial charge in [-0.2, -0.15) is 0 Å². The first-order valence-electron chi connectivity index (χ1n) is 7.44. The minimum absolute atomic E-state index is 0.285. The van der Waals surface area contributed by atoms with Crippen molar-refractivity contribution in [3.05, 3.63) is 71.7 Å². The highest BCUT2D eigenvalue weighted by atomic mass is 32.2. The summed E-state index contributed by atoms with van der Waals surface area (Å²) in [6.07, 6.45) is 2.41. The Bertz CT molecular complexity index is 862. The van der Waals surface area contributed by atoms with Crippen molar-refractivity contribution in [2.45, 2.75) is 10.6 Å². The normalized spacial score (nSPS) is 11.2. The van der Waals surface area contributed by atoms with E-state index in [9.17, 15) is 8.42 Å². The maximum atomic E-state index is 12.1. The van der Waals surface area contributed by atoms with Gasteiger partial charge in [-0.1, -0.05) is 36.4 Å². The Hall–Kier alpha value is -2.38. The molecule has 7 heteroatoms. The highest BCUT2D eigenvalue weighted by Crippen LogP contribution is 2.20. The van der Waals surface area contributed by atoms with Crippen LogP contribution in [-0.4, -0.2) is 19.9 Å². The molecule has 0 saturated carbocycles. The highest BCUT2D eigenvalue weighted by molar-refractivity contribution is 7.94. The number of aromatic nitrogens is 1. The van der Waals surface area contributed by atoms with Crippen molar-refractivity contribution < 1.29 is 8.42 Å². The van der Waals surface area contributed by atoms with E-state index in [0.717, 1.165) is 13.0 Å². The Morgan fingerprint density at radius 2 is 1.83 bits per heavy atom. The van der Waals surface area contributed by atoms with Gasteiger partial charge in [0.2, 0.25) is 0 Å². The van der Waals surface area contributed by atoms with E-state index in [1.54, 1.807) is 29.6 Å². The standard InChI is InChI=1S/C17H17N3O2S2/c21-24(22,17-7-4-12-23-17)20-15-8-9-16(19-13-15)18-11-10-14-5-2-1-3-6-14/h1-9,12-13,20H,10-11H2,(H,18,19). The number of nitrogens with zero attached hydrogens (tertiary/aromatic N) is 1. The Morgan fingerprint density at radius 3 is 2.50 bits per heavy atom. The summed E-state index contributed by atoms with van der Waals surface area (Å²) < 4.78 is 27.1. The second kappa shape index (κ2) is 7.46. The third-order valence-electron chi connectivity index (χ3n) is 3.34. The molecule has 0 saturated heterocycles. The van der Waals surface area contributed by atoms with Crippen molar-refractivity contribution in [1.29, 1.82) is 0 Å². The average molecular weight is 359 g/mol. The second-order valence-electron chi connectivity index (χ2n) is 5.13. The van der Waals surface area contributed by atoms with Crippen LogP contribution in [0.15, 0.2) is 70.4 Å². The zero-order valence-electron chi connectivity index (χ0n) is 12.8. The smallest absolute Gasteiger partial charge is 0.271 e. The van der Waals surface area contributed by atoms with Gasteiger partial charge in [0.25, 0.3) is 10.0 Å². The number of sulfonamides is 1. The van der Waals surface area contributed by atoms with Gasteiger partial charge < -0.3 is 5.32 Å². The summed E-state index contributed by atoms with van der Waals surface area (Å²) in [5, 5.41) is 4.95. The van der Waals surface area contributed by atoms with E-state index >= 15 is 0 Å². The van der Waals surface area contributed by atoms with Crippen LogP contribution in [0.5, 0.6) is 0 Å². The lowest BCUT2D eigenvalue weighted by atomic mass is 10.1. The average Bonchev–Trinajstić information content (AvgIpc) is 3.13. The summed E-state index contributed by atoms with van der Waals surface area (Å²) >= 11 is 1.18. The zero-order chi connectivity index (χ0) is 16.8. The number of pyridine rings is 1. The molecule has 0 bridgehead atoms. The molecule has 0 amide bonds. The first kappa shape index (κ1) is 16.5. The van der Waals surface area contributed by atoms with Gasteiger partial charge >= 0.3 is 0 Å². The van der Waals surface area contributed by atoms with Gasteiger partial charge in [-0.05, 0) is 35.6 Å². The molecule has 2 heterocycles. The van der Waals surface area contributed by atoms with E-state index in [1.165, 1.54) is 23.1 Å². The molecule has 0 atom stereocenters. The van der Waals surface area contributed by atoms with Crippen LogP contribution in [0.25, 0.3) is 0 Å². The Morgan fingerprint density at radius 1 is 1.00 bits per heavy atom. The molecule has 3 rings (SSSR count). The minimum Gasteiger partial charge on any atom is -0.370 e. The maximum Gasteiger partial charge on any atom is 0.271 e. The molecule has 5 nitrogen and oxygen atoms in total. The summed E-state index contributed by atoms with van der Waals surface area (Å²) in [5.74, 6) is 0.713. The van der Waals surface area contributed by atoms with Gasteiger partial charge in [-0.15, -0.1) is 11.3 Å². The third kappa shape index (κ3) is 4.33. The van der Waals surface area contributed by atoms with Gasteiger partial charge in [0.05, 0.1) is 11.9 Å². The van der Waals surface area contributed by atoms with Crippen molar-refractivity contribution in [2.75, 3.05) is 16.6 Å². The first-order chi connectivity index (χ1) is 11.6. The van der Waals surface area contributed by atoms with Gasteiger partial charge in [0.1, 0.15) is 10.0 Å². The van der Waals surface area contributed by atoms with E-state index < -0.39 is 10.0 Å². The molecule has 2 N–H and O–H groups in total. The predicted octanol–water partition coefficient (Wildman–Crippen LogP) is 3.60. The van der Waals surface area contributed by atoms with Crippen LogP contribution in [0.3, 0.4) is 0 Å². The summed E-state index contributed by atoms with van der Waals surface area (Å²) in [5.41, 5.74) is 1.70. The Labute approximate surface area is 145 Å². The Kier molecular flexibility index (Phi) is 5.12. The van der Waals surface area contributed by atoms with Crippen LogP contribution in [0.1, 0.15) is 5.56 Å². The van der Waals surface area contributed by atoms with E-state index in [2.05, 4.69) is 27.2 Å². The van der Waals surface area contributed by atoms with Gasteiger partial charge in [0, 0.05) is 6.54 Å². The van der Waals surface area contributed by atoms with Crippen LogP contribution in [0, 0.1) is 0 Å². The highest BCUT2D eigenvalue weighted by Gasteiger charge is 2.15. The number of benzene rings is 1. The van der Waals surface area contributed by atoms with Crippen LogP contribution >= 0.6 is 11.3 Å². The van der Waals surface area contributed by atoms with Crippen LogP contribution in [0.2, 0.25) is 0 Å². The quantitative estimate of drug-likeness (QED) is 0.676. The van der Waals surface area contributed by atoms with E-state index in [1.807, 2.05) is 18.2 Å². The van der Waals surface area contributed by atoms with Gasteiger partial charge in [-0.25, -0.2) is 13.4 Å². The summed E-state index contributed by atoms with van der Waals surface area (Å²) in [4.78, 5) is 4.24. The van der Waals surface area contributed by atoms with Crippen molar-refractivity contribution in [3.63, 3.8) is 0 Å². The summed E-state index contributed by atoms with van der Waals surface area (Å²) in [6.45, 7) is 0.761. The fourth-order valence-corrected chi connectivity index (χ4v) is 4.20. The molecule has 0 spiro atoms. The molecule has 0 unspecified atom stereocenters. The predicted molar refractivity (Wildman–Crippen MR) is 98.0 cm³/mol. The SMILES string of the molecule is O=S(=O)(Nc1ccc(NCCc2ccccc2)nc1)c1cccs1. The first-order valence-corrected chi connectivity index (χ1v) is 9.80. The molecule has 3 aromatic rings. The van der Waals surface area contributed by atoms with Crippen LogP contribution in [0.4, 0.5) is 11.5 Å². The number of thiophene rings is 1. The molecule has 0 fully saturated rings. The fourth-order valence-electron chi connectivity index (χ4n) is 2.16. The maximum absolute atomic E-state index is 12.1. The lowest BCUT2D eigenvalue weighted by Crippen LogP contribution is -2.12. The third-order valence-corrected chi connectivity index (χ3v) is 6.12. The van der Waals surface area contributed by atoms with E-state index in [4.69, 9.17) is 0 Å². The van der Waals surface area contributed by atoms with E-state index in [0.29, 0.717) is 11.5 Å². The number of hydrogen-bond acceptors (Lipinski definition) is 5. The number of hydrogen-bond donors (Lipinski definition) is 2.